The van der Waals surface area contributed by atoms with Gasteiger partial charge in [0.15, 0.2) is 5.78 Å². The van der Waals surface area contributed by atoms with Crippen molar-refractivity contribution in [3.05, 3.63) is 105 Å². The second-order valence-electron chi connectivity index (χ2n) is 10.3. The molecule has 1 atom stereocenters. The highest BCUT2D eigenvalue weighted by molar-refractivity contribution is 6.31. The van der Waals surface area contributed by atoms with E-state index >= 15 is 0 Å². The third kappa shape index (κ3) is 5.89. The summed E-state index contributed by atoms with van der Waals surface area (Å²) in [7, 11) is 0. The number of carboxylic acid groups (broad SMARTS) is 1. The minimum absolute atomic E-state index is 0.0256. The van der Waals surface area contributed by atoms with Crippen LogP contribution >= 0.6 is 23.2 Å². The fourth-order valence-electron chi connectivity index (χ4n) is 5.00. The molecule has 4 aromatic rings. The average molecular weight is 591 g/mol. The molecule has 0 aliphatic carbocycles. The Balaban J connectivity index is 1.51. The summed E-state index contributed by atoms with van der Waals surface area (Å²) in [6.07, 6.45) is 5.94. The molecule has 2 aromatic carbocycles. The maximum atomic E-state index is 13.9. The van der Waals surface area contributed by atoms with Crippen LogP contribution in [0.15, 0.2) is 67.1 Å². The summed E-state index contributed by atoms with van der Waals surface area (Å²) in [6.45, 7) is 4.13. The van der Waals surface area contributed by atoms with Crippen molar-refractivity contribution < 1.29 is 19.5 Å². The number of rotatable bonds is 7. The lowest BCUT2D eigenvalue weighted by Gasteiger charge is -2.43. The van der Waals surface area contributed by atoms with Crippen molar-refractivity contribution in [1.29, 1.82) is 0 Å². The van der Waals surface area contributed by atoms with Crippen molar-refractivity contribution in [3.63, 3.8) is 0 Å². The van der Waals surface area contributed by atoms with Gasteiger partial charge in [0.25, 0.3) is 0 Å². The molecule has 1 unspecified atom stereocenters. The molecule has 0 saturated carbocycles. The number of ketones is 1. The maximum absolute atomic E-state index is 13.9. The monoisotopic (exact) mass is 590 g/mol. The topological polar surface area (TPSA) is 131 Å². The Labute approximate surface area is 245 Å². The lowest BCUT2D eigenvalue weighted by Crippen LogP contribution is -2.50. The molecule has 0 radical (unpaired) electrons. The number of fused-ring (bicyclic) bond motifs is 1. The normalized spacial score (nSPS) is 16.0. The largest absolute Gasteiger partial charge is 0.478 e. The Hall–Kier alpha value is -4.41. The maximum Gasteiger partial charge on any atom is 0.335 e. The van der Waals surface area contributed by atoms with E-state index in [4.69, 9.17) is 23.2 Å². The number of benzene rings is 2. The first-order valence-electron chi connectivity index (χ1n) is 12.6. The Bertz CT molecular complexity index is 1670. The number of halogens is 2. The summed E-state index contributed by atoms with van der Waals surface area (Å²) < 4.78 is 1.45. The molecule has 1 aliphatic rings. The highest BCUT2D eigenvalue weighted by Crippen LogP contribution is 2.40. The quantitative estimate of drug-likeness (QED) is 0.305. The number of Topliss-reactive ketones (excluding diaryl/α,β-unsaturated/α-hetero) is 1. The van der Waals surface area contributed by atoms with Crippen molar-refractivity contribution in [2.45, 2.75) is 31.7 Å². The van der Waals surface area contributed by atoms with E-state index in [1.54, 1.807) is 42.5 Å². The van der Waals surface area contributed by atoms with E-state index in [-0.39, 0.29) is 24.3 Å². The van der Waals surface area contributed by atoms with Crippen molar-refractivity contribution in [3.8, 4) is 5.69 Å². The molecule has 1 amide bonds. The lowest BCUT2D eigenvalue weighted by molar-refractivity contribution is -0.137. The van der Waals surface area contributed by atoms with Gasteiger partial charge in [-0.25, -0.2) is 4.79 Å². The number of amides is 1. The van der Waals surface area contributed by atoms with E-state index < -0.39 is 23.3 Å². The summed E-state index contributed by atoms with van der Waals surface area (Å²) in [5.41, 5.74) is 2.62. The minimum atomic E-state index is -1.06. The van der Waals surface area contributed by atoms with Gasteiger partial charge in [0.05, 0.1) is 22.0 Å². The molecule has 2 aromatic heterocycles. The molecule has 10 nitrogen and oxygen atoms in total. The standard InChI is InChI=1S/C29H24Cl2N6O4/c1-29(2)15-36(25(39)10-7-19-12-20(30)8-9-23(19)37-16-33-34-35-37)26(22-13-21(31)14-32-27(22)29)24(38)11-17-3-5-18(6-4-17)28(40)41/h3-10,12-14,16,26H,11,15H2,1-2H3,(H,40,41)/b10-7+. The summed E-state index contributed by atoms with van der Waals surface area (Å²) in [5.74, 6) is -1.71. The predicted molar refractivity (Wildman–Crippen MR) is 152 cm³/mol. The molecule has 5 rings (SSSR count). The summed E-state index contributed by atoms with van der Waals surface area (Å²) in [5, 5.41) is 21.3. The second-order valence-corrected chi connectivity index (χ2v) is 11.2. The molecule has 0 saturated heterocycles. The molecule has 0 bridgehead atoms. The number of carbonyl (C=O) groups excluding carboxylic acids is 2. The van der Waals surface area contributed by atoms with E-state index in [0.29, 0.717) is 38.1 Å². The Morgan fingerprint density at radius 2 is 1.83 bits per heavy atom. The number of aromatic nitrogens is 5. The van der Waals surface area contributed by atoms with Crippen LogP contribution in [0.5, 0.6) is 0 Å². The smallest absolute Gasteiger partial charge is 0.335 e. The number of hydrogen-bond acceptors (Lipinski definition) is 7. The molecule has 0 fully saturated rings. The third-order valence-electron chi connectivity index (χ3n) is 6.85. The van der Waals surface area contributed by atoms with Crippen molar-refractivity contribution >= 4 is 46.9 Å². The lowest BCUT2D eigenvalue weighted by atomic mass is 9.77. The number of tetrazole rings is 1. The van der Waals surface area contributed by atoms with Crippen LogP contribution in [-0.4, -0.2) is 59.4 Å². The van der Waals surface area contributed by atoms with Crippen LogP contribution in [0.25, 0.3) is 11.8 Å². The van der Waals surface area contributed by atoms with Gasteiger partial charge < -0.3 is 10.0 Å². The van der Waals surface area contributed by atoms with Crippen LogP contribution in [0.3, 0.4) is 0 Å². The Morgan fingerprint density at radius 3 is 2.51 bits per heavy atom. The SMILES string of the molecule is CC1(C)CN(C(=O)/C=C/c2cc(Cl)ccc2-n2cnnn2)C(C(=O)Cc2ccc(C(=O)O)cc2)c2cc(Cl)cnc21. The number of carboxylic acids is 1. The van der Waals surface area contributed by atoms with Crippen molar-refractivity contribution in [2.24, 2.45) is 0 Å². The average Bonchev–Trinajstić information content (AvgIpc) is 3.46. The zero-order valence-corrected chi connectivity index (χ0v) is 23.5. The van der Waals surface area contributed by atoms with E-state index in [9.17, 15) is 19.5 Å². The summed E-state index contributed by atoms with van der Waals surface area (Å²) in [4.78, 5) is 45.0. The van der Waals surface area contributed by atoms with Gasteiger partial charge in [-0.1, -0.05) is 49.2 Å². The minimum Gasteiger partial charge on any atom is -0.478 e. The molecule has 1 N–H and O–H groups in total. The van der Waals surface area contributed by atoms with Crippen LogP contribution in [0.1, 0.15) is 52.6 Å². The van der Waals surface area contributed by atoms with Gasteiger partial charge in [-0.2, -0.15) is 4.68 Å². The third-order valence-corrected chi connectivity index (χ3v) is 7.30. The first-order valence-corrected chi connectivity index (χ1v) is 13.3. The Morgan fingerprint density at radius 1 is 1.07 bits per heavy atom. The van der Waals surface area contributed by atoms with Crippen LogP contribution in [0.2, 0.25) is 10.0 Å². The molecule has 0 spiro atoms. The predicted octanol–water partition coefficient (Wildman–Crippen LogP) is 4.75. The zero-order valence-electron chi connectivity index (χ0n) is 22.0. The number of hydrogen-bond donors (Lipinski definition) is 1. The first kappa shape index (κ1) is 28.1. The van der Waals surface area contributed by atoms with Crippen LogP contribution in [0, 0.1) is 0 Å². The van der Waals surface area contributed by atoms with E-state index in [0.717, 1.165) is 0 Å². The van der Waals surface area contributed by atoms with Crippen molar-refractivity contribution in [1.82, 2.24) is 30.1 Å². The molecule has 208 valence electrons. The molecular weight excluding hydrogens is 567 g/mol. The molecular formula is C29H24Cl2N6O4. The van der Waals surface area contributed by atoms with Crippen LogP contribution in [0.4, 0.5) is 0 Å². The molecule has 3 heterocycles. The fourth-order valence-corrected chi connectivity index (χ4v) is 5.35. The summed E-state index contributed by atoms with van der Waals surface area (Å²) >= 11 is 12.6. The van der Waals surface area contributed by atoms with Gasteiger partial charge in [-0.15, -0.1) is 5.10 Å². The van der Waals surface area contributed by atoms with Gasteiger partial charge in [0, 0.05) is 46.8 Å². The second kappa shape index (κ2) is 11.2. The first-order chi connectivity index (χ1) is 19.5. The van der Waals surface area contributed by atoms with E-state index in [1.807, 2.05) is 13.8 Å². The number of pyridine rings is 1. The molecule has 41 heavy (non-hydrogen) atoms. The van der Waals surface area contributed by atoms with Gasteiger partial charge >= 0.3 is 5.97 Å². The number of nitrogens with zero attached hydrogens (tertiary/aromatic N) is 6. The highest BCUT2D eigenvalue weighted by Gasteiger charge is 2.43. The van der Waals surface area contributed by atoms with Gasteiger partial charge in [-0.05, 0) is 58.5 Å². The molecule has 12 heteroatoms. The van der Waals surface area contributed by atoms with Crippen LogP contribution < -0.4 is 0 Å². The van der Waals surface area contributed by atoms with Gasteiger partial charge in [-0.3, -0.25) is 14.6 Å². The van der Waals surface area contributed by atoms with Crippen molar-refractivity contribution in [2.75, 3.05) is 6.54 Å². The van der Waals surface area contributed by atoms with Crippen LogP contribution in [-0.2, 0) is 21.4 Å². The van der Waals surface area contributed by atoms with Gasteiger partial charge in [0.1, 0.15) is 12.4 Å². The summed E-state index contributed by atoms with van der Waals surface area (Å²) in [6, 6.07) is 11.9. The number of aromatic carboxylic acids is 1. The highest BCUT2D eigenvalue weighted by atomic mass is 35.5. The van der Waals surface area contributed by atoms with E-state index in [1.165, 1.54) is 40.3 Å². The number of carbonyl (C=O) groups is 3. The van der Waals surface area contributed by atoms with E-state index in [2.05, 4.69) is 20.5 Å². The zero-order chi connectivity index (χ0) is 29.3. The Kier molecular flexibility index (Phi) is 7.70. The molecule has 1 aliphatic heterocycles. The fraction of sp³-hybridized carbons (Fsp3) is 0.207. The van der Waals surface area contributed by atoms with Gasteiger partial charge in [0.2, 0.25) is 5.91 Å².